The number of hydrogen-bond donors (Lipinski definition) is 2. The second-order valence-electron chi connectivity index (χ2n) is 9.32. The first kappa shape index (κ1) is 25.4. The maximum atomic E-state index is 12.9. The number of nitrogens with one attached hydrogen (secondary N) is 1. The predicted octanol–water partition coefficient (Wildman–Crippen LogP) is 2.54. The van der Waals surface area contributed by atoms with Crippen molar-refractivity contribution in [1.82, 2.24) is 15.1 Å². The standard InChI is InChI=1S/C26H29N3O4.CH2O2/c1-33-21-5-2-17(3-6-21)15-28-12-10-18(11-13-28)19-4-7-22-20(14-19)16-29(26(22)32)23-8-9-24(30)27-25(23)31;2-1-3/h2-7,14,18,23H,8-13,15-16H2,1H3,(H,27,30,31);1H,(H,2,3). The summed E-state index contributed by atoms with van der Waals surface area (Å²) in [5.41, 5.74) is 4.23. The lowest BCUT2D eigenvalue weighted by molar-refractivity contribution is -0.137. The van der Waals surface area contributed by atoms with Gasteiger partial charge in [-0.05, 0) is 73.2 Å². The molecule has 2 aromatic rings. The number of carboxylic acid groups (broad SMARTS) is 1. The highest BCUT2D eigenvalue weighted by atomic mass is 16.5. The van der Waals surface area contributed by atoms with Crippen molar-refractivity contribution in [3.63, 3.8) is 0 Å². The highest BCUT2D eigenvalue weighted by molar-refractivity contribution is 6.05. The zero-order chi connectivity index (χ0) is 25.7. The fraction of sp³-hybridized carbons (Fsp3) is 0.407. The summed E-state index contributed by atoms with van der Waals surface area (Å²) >= 11 is 0. The van der Waals surface area contributed by atoms with Crippen LogP contribution in [0.25, 0.3) is 0 Å². The average molecular weight is 494 g/mol. The third-order valence-corrected chi connectivity index (χ3v) is 7.17. The van der Waals surface area contributed by atoms with E-state index in [0.717, 1.165) is 43.8 Å². The molecule has 9 heteroatoms. The number of hydrogen-bond acceptors (Lipinski definition) is 6. The Hall–Kier alpha value is -3.72. The quantitative estimate of drug-likeness (QED) is 0.486. The van der Waals surface area contributed by atoms with Gasteiger partial charge in [-0.2, -0.15) is 0 Å². The van der Waals surface area contributed by atoms with E-state index in [4.69, 9.17) is 14.6 Å². The monoisotopic (exact) mass is 493 g/mol. The van der Waals surface area contributed by atoms with Crippen molar-refractivity contribution in [2.75, 3.05) is 20.2 Å². The maximum Gasteiger partial charge on any atom is 0.290 e. The van der Waals surface area contributed by atoms with E-state index in [1.807, 2.05) is 18.2 Å². The number of fused-ring (bicyclic) bond motifs is 1. The van der Waals surface area contributed by atoms with Crippen LogP contribution >= 0.6 is 0 Å². The lowest BCUT2D eigenvalue weighted by Gasteiger charge is -2.32. The molecule has 36 heavy (non-hydrogen) atoms. The van der Waals surface area contributed by atoms with Crippen molar-refractivity contribution >= 4 is 24.2 Å². The summed E-state index contributed by atoms with van der Waals surface area (Å²) in [6.07, 6.45) is 2.83. The fourth-order valence-corrected chi connectivity index (χ4v) is 5.26. The van der Waals surface area contributed by atoms with E-state index < -0.39 is 6.04 Å². The minimum absolute atomic E-state index is 0.111. The van der Waals surface area contributed by atoms with Crippen molar-refractivity contribution < 1.29 is 29.0 Å². The van der Waals surface area contributed by atoms with Gasteiger partial charge in [-0.1, -0.05) is 24.3 Å². The molecule has 5 rings (SSSR count). The number of methoxy groups -OCH3 is 1. The molecule has 0 saturated carbocycles. The molecule has 9 nitrogen and oxygen atoms in total. The Labute approximate surface area is 210 Å². The van der Waals surface area contributed by atoms with Crippen LogP contribution in [-0.4, -0.2) is 65.3 Å². The van der Waals surface area contributed by atoms with E-state index >= 15 is 0 Å². The van der Waals surface area contributed by atoms with E-state index in [2.05, 4.69) is 34.5 Å². The van der Waals surface area contributed by atoms with Crippen LogP contribution in [0.4, 0.5) is 0 Å². The molecular formula is C27H31N3O6. The molecule has 2 aromatic carbocycles. The van der Waals surface area contributed by atoms with Crippen LogP contribution in [0.5, 0.6) is 5.75 Å². The van der Waals surface area contributed by atoms with Crippen LogP contribution < -0.4 is 10.1 Å². The number of carbonyl (C=O) groups is 4. The van der Waals surface area contributed by atoms with Crippen molar-refractivity contribution in [2.24, 2.45) is 0 Å². The highest BCUT2D eigenvalue weighted by Crippen LogP contribution is 2.34. The van der Waals surface area contributed by atoms with Gasteiger partial charge in [0.05, 0.1) is 7.11 Å². The zero-order valence-electron chi connectivity index (χ0n) is 20.3. The van der Waals surface area contributed by atoms with Gasteiger partial charge in [0.25, 0.3) is 12.4 Å². The Kier molecular flexibility index (Phi) is 8.00. The van der Waals surface area contributed by atoms with Crippen LogP contribution in [0.2, 0.25) is 0 Å². The Morgan fingerprint density at radius 1 is 1.06 bits per heavy atom. The fourth-order valence-electron chi connectivity index (χ4n) is 5.26. The molecule has 0 spiro atoms. The van der Waals surface area contributed by atoms with Gasteiger partial charge in [0.15, 0.2) is 0 Å². The predicted molar refractivity (Wildman–Crippen MR) is 131 cm³/mol. The molecule has 0 aliphatic carbocycles. The number of piperidine rings is 2. The molecule has 3 amide bonds. The Morgan fingerprint density at radius 3 is 2.39 bits per heavy atom. The zero-order valence-corrected chi connectivity index (χ0v) is 20.3. The van der Waals surface area contributed by atoms with Gasteiger partial charge in [0, 0.05) is 25.1 Å². The lowest BCUT2D eigenvalue weighted by atomic mass is 9.87. The first-order chi connectivity index (χ1) is 17.4. The molecular weight excluding hydrogens is 462 g/mol. The third-order valence-electron chi connectivity index (χ3n) is 7.17. The topological polar surface area (TPSA) is 116 Å². The van der Waals surface area contributed by atoms with E-state index in [9.17, 15) is 14.4 Å². The second kappa shape index (κ2) is 11.3. The minimum Gasteiger partial charge on any atom is -0.497 e. The van der Waals surface area contributed by atoms with Crippen LogP contribution in [0.1, 0.15) is 58.6 Å². The molecule has 190 valence electrons. The van der Waals surface area contributed by atoms with Crippen LogP contribution in [0.15, 0.2) is 42.5 Å². The van der Waals surface area contributed by atoms with Crippen molar-refractivity contribution in [2.45, 2.75) is 50.7 Å². The summed E-state index contributed by atoms with van der Waals surface area (Å²) in [5.74, 6) is 0.615. The lowest BCUT2D eigenvalue weighted by Crippen LogP contribution is -2.52. The van der Waals surface area contributed by atoms with E-state index in [1.54, 1.807) is 12.0 Å². The molecule has 0 bridgehead atoms. The van der Waals surface area contributed by atoms with E-state index in [1.165, 1.54) is 11.1 Å². The molecule has 3 aliphatic heterocycles. The summed E-state index contributed by atoms with van der Waals surface area (Å²) in [6, 6.07) is 13.8. The number of ether oxygens (including phenoxy) is 1. The normalized spacial score (nSPS) is 20.3. The third kappa shape index (κ3) is 5.57. The number of likely N-dealkylation sites (tertiary alicyclic amines) is 1. The largest absolute Gasteiger partial charge is 0.497 e. The summed E-state index contributed by atoms with van der Waals surface area (Å²) in [5, 5.41) is 9.25. The molecule has 1 atom stereocenters. The number of imide groups is 1. The molecule has 0 radical (unpaired) electrons. The Balaban J connectivity index is 0.000000967. The van der Waals surface area contributed by atoms with Gasteiger partial charge in [0.2, 0.25) is 11.8 Å². The van der Waals surface area contributed by atoms with E-state index in [-0.39, 0.29) is 30.6 Å². The summed E-state index contributed by atoms with van der Waals surface area (Å²) in [4.78, 5) is 49.1. The molecule has 3 aliphatic rings. The number of nitrogens with zero attached hydrogens (tertiary/aromatic N) is 2. The average Bonchev–Trinajstić information content (AvgIpc) is 3.21. The molecule has 2 fully saturated rings. The minimum atomic E-state index is -0.563. The molecule has 1 unspecified atom stereocenters. The number of amides is 3. The first-order valence-electron chi connectivity index (χ1n) is 12.1. The summed E-state index contributed by atoms with van der Waals surface area (Å²) in [7, 11) is 1.68. The van der Waals surface area contributed by atoms with Gasteiger partial charge in [-0.25, -0.2) is 0 Å². The number of rotatable bonds is 5. The van der Waals surface area contributed by atoms with Gasteiger partial charge < -0.3 is 14.7 Å². The van der Waals surface area contributed by atoms with Crippen molar-refractivity contribution in [3.05, 3.63) is 64.7 Å². The SMILES string of the molecule is COc1ccc(CN2CCC(c3ccc4c(c3)CN(C3CCC(=O)NC3=O)C4=O)CC2)cc1.O=CO. The van der Waals surface area contributed by atoms with Gasteiger partial charge in [0.1, 0.15) is 11.8 Å². The molecule has 2 N–H and O–H groups in total. The summed E-state index contributed by atoms with van der Waals surface area (Å²) in [6.45, 7) is 3.20. The van der Waals surface area contributed by atoms with Gasteiger partial charge in [-0.15, -0.1) is 0 Å². The smallest absolute Gasteiger partial charge is 0.290 e. The second-order valence-corrected chi connectivity index (χ2v) is 9.32. The van der Waals surface area contributed by atoms with Gasteiger partial charge in [-0.3, -0.25) is 29.4 Å². The van der Waals surface area contributed by atoms with Crippen LogP contribution in [-0.2, 0) is 27.5 Å². The molecule has 3 heterocycles. The highest BCUT2D eigenvalue weighted by Gasteiger charge is 2.39. The maximum absolute atomic E-state index is 12.9. The Bertz CT molecular complexity index is 1120. The van der Waals surface area contributed by atoms with Crippen LogP contribution in [0.3, 0.4) is 0 Å². The van der Waals surface area contributed by atoms with Gasteiger partial charge >= 0.3 is 0 Å². The van der Waals surface area contributed by atoms with E-state index in [0.29, 0.717) is 24.4 Å². The van der Waals surface area contributed by atoms with Crippen molar-refractivity contribution in [3.8, 4) is 5.75 Å². The first-order valence-corrected chi connectivity index (χ1v) is 12.1. The van der Waals surface area contributed by atoms with Crippen molar-refractivity contribution in [1.29, 1.82) is 0 Å². The Morgan fingerprint density at radius 2 is 1.75 bits per heavy atom. The number of benzene rings is 2. The summed E-state index contributed by atoms with van der Waals surface area (Å²) < 4.78 is 5.24. The molecule has 2 saturated heterocycles. The van der Waals surface area contributed by atoms with Crippen LogP contribution in [0, 0.1) is 0 Å². The number of carbonyl (C=O) groups excluding carboxylic acids is 3. The molecule has 0 aromatic heterocycles.